The Balaban J connectivity index is 2.15. The summed E-state index contributed by atoms with van der Waals surface area (Å²) in [5.74, 6) is -1.20. The molecular formula is C18H18F2O3. The van der Waals surface area contributed by atoms with E-state index in [0.717, 1.165) is 12.8 Å². The van der Waals surface area contributed by atoms with Crippen LogP contribution in [-0.4, -0.2) is 11.7 Å². The second kappa shape index (κ2) is 6.16. The molecule has 0 aliphatic heterocycles. The zero-order chi connectivity index (χ0) is 16.6. The van der Waals surface area contributed by atoms with Gasteiger partial charge in [0, 0.05) is 16.3 Å². The highest BCUT2D eigenvalue weighted by Crippen LogP contribution is 2.37. The molecule has 5 heteroatoms. The highest BCUT2D eigenvalue weighted by atomic mass is 19.1. The van der Waals surface area contributed by atoms with Crippen molar-refractivity contribution in [3.05, 3.63) is 41.5 Å². The Bertz CT molecular complexity index is 852. The van der Waals surface area contributed by atoms with E-state index in [2.05, 4.69) is 0 Å². The molecule has 3 aromatic rings. The van der Waals surface area contributed by atoms with Crippen molar-refractivity contribution in [2.24, 2.45) is 0 Å². The fourth-order valence-electron chi connectivity index (χ4n) is 2.60. The first-order chi connectivity index (χ1) is 11.0. The molecule has 0 unspecified atom stereocenters. The zero-order valence-electron chi connectivity index (χ0n) is 13.0. The Morgan fingerprint density at radius 1 is 1.09 bits per heavy atom. The van der Waals surface area contributed by atoms with Crippen LogP contribution in [0, 0.1) is 11.6 Å². The minimum atomic E-state index is -0.967. The van der Waals surface area contributed by atoms with Gasteiger partial charge in [0.2, 0.25) is 5.82 Å². The second-order valence-corrected chi connectivity index (χ2v) is 5.58. The molecule has 0 bridgehead atoms. The summed E-state index contributed by atoms with van der Waals surface area (Å²) in [5, 5.41) is 10.5. The van der Waals surface area contributed by atoms with Gasteiger partial charge in [-0.25, -0.2) is 4.39 Å². The summed E-state index contributed by atoms with van der Waals surface area (Å²) in [6, 6.07) is 6.31. The molecule has 0 radical (unpaired) electrons. The zero-order valence-corrected chi connectivity index (χ0v) is 13.0. The van der Waals surface area contributed by atoms with Crippen LogP contribution < -0.4 is 4.74 Å². The number of ether oxygens (including phenoxy) is 1. The second-order valence-electron chi connectivity index (χ2n) is 5.58. The van der Waals surface area contributed by atoms with Crippen LogP contribution >= 0.6 is 0 Å². The molecule has 1 atom stereocenters. The van der Waals surface area contributed by atoms with Crippen molar-refractivity contribution in [1.82, 2.24) is 0 Å². The number of aliphatic hydroxyl groups excluding tert-OH is 1. The standard InChI is InChI=1S/C18H18F2O3/c1-3-4-9-22-14-8-7-13-12-6-5-11(10(2)21)15(19)17(12)23-18(13)16(14)20/h5-8,10,21H,3-4,9H2,1-2H3/t10-/m0/s1. The molecule has 0 fully saturated rings. The van der Waals surface area contributed by atoms with E-state index in [4.69, 9.17) is 9.15 Å². The quantitative estimate of drug-likeness (QED) is 0.665. The summed E-state index contributed by atoms with van der Waals surface area (Å²) < 4.78 is 39.8. The number of fused-ring (bicyclic) bond motifs is 3. The molecule has 2 aromatic carbocycles. The molecular weight excluding hydrogens is 302 g/mol. The summed E-state index contributed by atoms with van der Waals surface area (Å²) in [7, 11) is 0. The highest BCUT2D eigenvalue weighted by molar-refractivity contribution is 6.05. The maximum Gasteiger partial charge on any atom is 0.208 e. The molecule has 1 heterocycles. The van der Waals surface area contributed by atoms with E-state index in [1.54, 1.807) is 12.1 Å². The van der Waals surface area contributed by atoms with Gasteiger partial charge in [-0.2, -0.15) is 4.39 Å². The molecule has 122 valence electrons. The van der Waals surface area contributed by atoms with Crippen LogP contribution in [0.25, 0.3) is 21.9 Å². The monoisotopic (exact) mass is 320 g/mol. The third-order valence-corrected chi connectivity index (χ3v) is 3.89. The van der Waals surface area contributed by atoms with E-state index >= 15 is 0 Å². The smallest absolute Gasteiger partial charge is 0.208 e. The van der Waals surface area contributed by atoms with Crippen molar-refractivity contribution in [3.8, 4) is 5.75 Å². The molecule has 3 rings (SSSR count). The largest absolute Gasteiger partial charge is 0.490 e. The average molecular weight is 320 g/mol. The molecule has 1 N–H and O–H groups in total. The van der Waals surface area contributed by atoms with E-state index in [1.807, 2.05) is 6.92 Å². The predicted molar refractivity (Wildman–Crippen MR) is 84.7 cm³/mol. The van der Waals surface area contributed by atoms with Gasteiger partial charge in [-0.1, -0.05) is 19.4 Å². The maximum absolute atomic E-state index is 14.5. The molecule has 3 nitrogen and oxygen atoms in total. The van der Waals surface area contributed by atoms with Crippen LogP contribution in [0.15, 0.2) is 28.7 Å². The van der Waals surface area contributed by atoms with Crippen LogP contribution in [0.4, 0.5) is 8.78 Å². The van der Waals surface area contributed by atoms with E-state index in [-0.39, 0.29) is 22.5 Å². The van der Waals surface area contributed by atoms with Gasteiger partial charge in [-0.05, 0) is 31.5 Å². The maximum atomic E-state index is 14.5. The van der Waals surface area contributed by atoms with Gasteiger partial charge < -0.3 is 14.3 Å². The van der Waals surface area contributed by atoms with Crippen molar-refractivity contribution in [3.63, 3.8) is 0 Å². The molecule has 0 aliphatic rings. The number of furan rings is 1. The fourth-order valence-corrected chi connectivity index (χ4v) is 2.60. The number of unbranched alkanes of at least 4 members (excludes halogenated alkanes) is 1. The van der Waals surface area contributed by atoms with E-state index < -0.39 is 17.7 Å². The molecule has 0 spiro atoms. The first-order valence-electron chi connectivity index (χ1n) is 7.68. The lowest BCUT2D eigenvalue weighted by atomic mass is 10.1. The topological polar surface area (TPSA) is 42.6 Å². The number of halogens is 2. The Morgan fingerprint density at radius 3 is 2.39 bits per heavy atom. The number of rotatable bonds is 5. The normalized spacial score (nSPS) is 12.9. The van der Waals surface area contributed by atoms with Crippen molar-refractivity contribution in [2.75, 3.05) is 6.61 Å². The number of hydrogen-bond acceptors (Lipinski definition) is 3. The van der Waals surface area contributed by atoms with Gasteiger partial charge in [0.1, 0.15) is 0 Å². The van der Waals surface area contributed by atoms with Crippen molar-refractivity contribution < 1.29 is 23.0 Å². The molecule has 0 aliphatic carbocycles. The summed E-state index contributed by atoms with van der Waals surface area (Å²) >= 11 is 0. The van der Waals surface area contributed by atoms with Gasteiger partial charge in [-0.3, -0.25) is 0 Å². The van der Waals surface area contributed by atoms with Crippen LogP contribution in [0.5, 0.6) is 5.75 Å². The number of benzene rings is 2. The van der Waals surface area contributed by atoms with Crippen LogP contribution in [0.1, 0.15) is 38.4 Å². The van der Waals surface area contributed by atoms with E-state index in [9.17, 15) is 13.9 Å². The van der Waals surface area contributed by atoms with Gasteiger partial charge in [0.15, 0.2) is 22.7 Å². The lowest BCUT2D eigenvalue weighted by Crippen LogP contribution is -1.98. The number of hydrogen-bond donors (Lipinski definition) is 1. The summed E-state index contributed by atoms with van der Waals surface area (Å²) in [6.45, 7) is 3.90. The van der Waals surface area contributed by atoms with Gasteiger partial charge in [-0.15, -0.1) is 0 Å². The lowest BCUT2D eigenvalue weighted by Gasteiger charge is -2.06. The number of aliphatic hydroxyl groups is 1. The SMILES string of the molecule is CCCCOc1ccc2c(oc3c(F)c([C@H](C)O)ccc32)c1F. The summed E-state index contributed by atoms with van der Waals surface area (Å²) in [6.07, 6.45) is 0.802. The molecule has 0 saturated heterocycles. The van der Waals surface area contributed by atoms with Gasteiger partial charge >= 0.3 is 0 Å². The van der Waals surface area contributed by atoms with E-state index in [1.165, 1.54) is 19.1 Å². The van der Waals surface area contributed by atoms with E-state index in [0.29, 0.717) is 17.4 Å². The first kappa shape index (κ1) is 15.7. The summed E-state index contributed by atoms with van der Waals surface area (Å²) in [4.78, 5) is 0. The first-order valence-corrected chi connectivity index (χ1v) is 7.68. The summed E-state index contributed by atoms with van der Waals surface area (Å²) in [5.41, 5.74) is 0.0371. The third-order valence-electron chi connectivity index (χ3n) is 3.89. The minimum absolute atomic E-state index is 0.0318. The Hall–Kier alpha value is -2.14. The fraction of sp³-hybridized carbons (Fsp3) is 0.333. The highest BCUT2D eigenvalue weighted by Gasteiger charge is 2.20. The molecule has 0 amide bonds. The molecule has 1 aromatic heterocycles. The Labute approximate surface area is 132 Å². The Morgan fingerprint density at radius 2 is 1.74 bits per heavy atom. The van der Waals surface area contributed by atoms with Crippen LogP contribution in [-0.2, 0) is 0 Å². The Kier molecular flexibility index (Phi) is 4.22. The van der Waals surface area contributed by atoms with Crippen LogP contribution in [0.2, 0.25) is 0 Å². The molecule has 23 heavy (non-hydrogen) atoms. The average Bonchev–Trinajstić information content (AvgIpc) is 2.90. The van der Waals surface area contributed by atoms with Gasteiger partial charge in [0.05, 0.1) is 12.7 Å². The van der Waals surface area contributed by atoms with Crippen molar-refractivity contribution in [2.45, 2.75) is 32.8 Å². The van der Waals surface area contributed by atoms with Crippen molar-refractivity contribution >= 4 is 21.9 Å². The van der Waals surface area contributed by atoms with Crippen LogP contribution in [0.3, 0.4) is 0 Å². The third kappa shape index (κ3) is 2.65. The minimum Gasteiger partial charge on any atom is -0.490 e. The predicted octanol–water partition coefficient (Wildman–Crippen LogP) is 5.10. The van der Waals surface area contributed by atoms with Gasteiger partial charge in [0.25, 0.3) is 0 Å². The van der Waals surface area contributed by atoms with Crippen molar-refractivity contribution in [1.29, 1.82) is 0 Å². The lowest BCUT2D eigenvalue weighted by molar-refractivity contribution is 0.194. The molecule has 0 saturated carbocycles.